The number of carboxylic acid groups (broad SMARTS) is 1. The first-order valence-electron chi connectivity index (χ1n) is 7.69. The van der Waals surface area contributed by atoms with Gasteiger partial charge in [-0.15, -0.1) is 0 Å². The molecule has 0 saturated heterocycles. The van der Waals surface area contributed by atoms with Gasteiger partial charge in [0.05, 0.1) is 31.6 Å². The maximum Gasteiger partial charge on any atom is 0.305 e. The van der Waals surface area contributed by atoms with Crippen molar-refractivity contribution in [2.45, 2.75) is 25.3 Å². The highest BCUT2D eigenvalue weighted by molar-refractivity contribution is 5.81. The number of hydrogen-bond donors (Lipinski definition) is 2. The second-order valence-electron chi connectivity index (χ2n) is 6.24. The molecule has 7 heteroatoms. The zero-order valence-corrected chi connectivity index (χ0v) is 14.1. The summed E-state index contributed by atoms with van der Waals surface area (Å²) in [4.78, 5) is 23.6. The number of nitrogens with one attached hydrogen (secondary N) is 1. The number of carbonyl (C=O) groups excluding carboxylic acids is 1. The van der Waals surface area contributed by atoms with Crippen LogP contribution < -0.4 is 14.8 Å². The third-order valence-electron chi connectivity index (χ3n) is 3.97. The minimum Gasteiger partial charge on any atom is -0.497 e. The molecule has 1 aromatic carbocycles. The largest absolute Gasteiger partial charge is 0.497 e. The Balaban J connectivity index is 2.08. The molecule has 1 aliphatic heterocycles. The summed E-state index contributed by atoms with van der Waals surface area (Å²) in [5.41, 5.74) is -0.0702. The molecule has 1 heterocycles. The van der Waals surface area contributed by atoms with E-state index in [1.165, 1.54) is 7.11 Å². The summed E-state index contributed by atoms with van der Waals surface area (Å²) in [7, 11) is 3.05. The van der Waals surface area contributed by atoms with Crippen molar-refractivity contribution in [3.8, 4) is 11.5 Å². The summed E-state index contributed by atoms with van der Waals surface area (Å²) in [5, 5.41) is 11.8. The van der Waals surface area contributed by atoms with Gasteiger partial charge in [0.15, 0.2) is 0 Å². The van der Waals surface area contributed by atoms with Crippen molar-refractivity contribution in [1.82, 2.24) is 5.32 Å². The molecular formula is C17H23NO6. The van der Waals surface area contributed by atoms with Gasteiger partial charge in [0.2, 0.25) is 5.91 Å². The lowest BCUT2D eigenvalue weighted by Crippen LogP contribution is -2.53. The molecular weight excluding hydrogens is 314 g/mol. The summed E-state index contributed by atoms with van der Waals surface area (Å²) < 4.78 is 15.9. The van der Waals surface area contributed by atoms with Crippen LogP contribution in [0, 0.1) is 5.92 Å². The van der Waals surface area contributed by atoms with Gasteiger partial charge in [-0.2, -0.15) is 0 Å². The average molecular weight is 337 g/mol. The molecule has 0 spiro atoms. The topological polar surface area (TPSA) is 94.1 Å². The normalized spacial score (nSPS) is 18.7. The van der Waals surface area contributed by atoms with E-state index in [0.717, 1.165) is 11.3 Å². The molecule has 0 aromatic heterocycles. The highest BCUT2D eigenvalue weighted by Gasteiger charge is 2.34. The Bertz CT molecular complexity index is 617. The summed E-state index contributed by atoms with van der Waals surface area (Å²) >= 11 is 0. The highest BCUT2D eigenvalue weighted by atomic mass is 16.5. The Morgan fingerprint density at radius 3 is 2.79 bits per heavy atom. The van der Waals surface area contributed by atoms with Crippen LogP contribution in [0.25, 0.3) is 0 Å². The number of fused-ring (bicyclic) bond motifs is 1. The van der Waals surface area contributed by atoms with E-state index in [0.29, 0.717) is 12.2 Å². The van der Waals surface area contributed by atoms with Crippen LogP contribution in [0.5, 0.6) is 11.5 Å². The summed E-state index contributed by atoms with van der Waals surface area (Å²) in [6.45, 7) is 2.02. The number of hydrogen-bond acceptors (Lipinski definition) is 5. The molecule has 7 nitrogen and oxygen atoms in total. The smallest absolute Gasteiger partial charge is 0.305 e. The fraction of sp³-hybridized carbons (Fsp3) is 0.529. The molecule has 132 valence electrons. The molecule has 0 fully saturated rings. The van der Waals surface area contributed by atoms with Gasteiger partial charge in [-0.05, 0) is 37.1 Å². The van der Waals surface area contributed by atoms with Gasteiger partial charge in [-0.25, -0.2) is 0 Å². The number of carboxylic acids is 1. The molecule has 2 atom stereocenters. The Morgan fingerprint density at radius 1 is 1.42 bits per heavy atom. The lowest BCUT2D eigenvalue weighted by Gasteiger charge is -2.32. The Morgan fingerprint density at radius 2 is 2.17 bits per heavy atom. The third kappa shape index (κ3) is 4.38. The van der Waals surface area contributed by atoms with Crippen LogP contribution in [-0.2, 0) is 20.7 Å². The van der Waals surface area contributed by atoms with Crippen LogP contribution in [0.2, 0.25) is 0 Å². The van der Waals surface area contributed by atoms with Gasteiger partial charge in [0, 0.05) is 7.11 Å². The van der Waals surface area contributed by atoms with Crippen molar-refractivity contribution in [2.75, 3.05) is 27.4 Å². The van der Waals surface area contributed by atoms with E-state index in [1.54, 1.807) is 14.0 Å². The van der Waals surface area contributed by atoms with Crippen molar-refractivity contribution in [3.63, 3.8) is 0 Å². The average Bonchev–Trinajstić information content (AvgIpc) is 2.52. The third-order valence-corrected chi connectivity index (χ3v) is 3.97. The molecule has 1 aromatic rings. The quantitative estimate of drug-likeness (QED) is 0.777. The van der Waals surface area contributed by atoms with Crippen LogP contribution in [0.1, 0.15) is 18.9 Å². The van der Waals surface area contributed by atoms with Gasteiger partial charge in [0.25, 0.3) is 0 Å². The fourth-order valence-corrected chi connectivity index (χ4v) is 2.85. The number of ether oxygens (including phenoxy) is 3. The van der Waals surface area contributed by atoms with Gasteiger partial charge >= 0.3 is 5.97 Å². The van der Waals surface area contributed by atoms with Gasteiger partial charge in [-0.3, -0.25) is 9.59 Å². The first kappa shape index (κ1) is 18.1. The molecule has 0 bridgehead atoms. The maximum absolute atomic E-state index is 12.6. The molecule has 1 amide bonds. The predicted molar refractivity (Wildman–Crippen MR) is 86.4 cm³/mol. The first-order chi connectivity index (χ1) is 11.4. The minimum atomic E-state index is -0.996. The van der Waals surface area contributed by atoms with Crippen molar-refractivity contribution in [2.24, 2.45) is 5.92 Å². The summed E-state index contributed by atoms with van der Waals surface area (Å²) in [6, 6.07) is 5.48. The van der Waals surface area contributed by atoms with Gasteiger partial charge in [0.1, 0.15) is 18.1 Å². The zero-order valence-electron chi connectivity index (χ0n) is 14.1. The highest BCUT2D eigenvalue weighted by Crippen LogP contribution is 2.31. The van der Waals surface area contributed by atoms with Gasteiger partial charge in [-0.1, -0.05) is 0 Å². The van der Waals surface area contributed by atoms with Crippen LogP contribution >= 0.6 is 0 Å². The number of benzene rings is 1. The van der Waals surface area contributed by atoms with Crippen molar-refractivity contribution in [3.05, 3.63) is 23.8 Å². The molecule has 2 N–H and O–H groups in total. The van der Waals surface area contributed by atoms with E-state index in [4.69, 9.17) is 19.3 Å². The second kappa shape index (κ2) is 7.53. The number of methoxy groups -OCH3 is 2. The van der Waals surface area contributed by atoms with Crippen molar-refractivity contribution >= 4 is 11.9 Å². The zero-order chi connectivity index (χ0) is 17.7. The predicted octanol–water partition coefficient (Wildman–Crippen LogP) is 1.24. The monoisotopic (exact) mass is 337 g/mol. The van der Waals surface area contributed by atoms with Crippen molar-refractivity contribution in [1.29, 1.82) is 0 Å². The Kier molecular flexibility index (Phi) is 5.66. The van der Waals surface area contributed by atoms with E-state index in [-0.39, 0.29) is 25.5 Å². The molecule has 1 aliphatic rings. The maximum atomic E-state index is 12.6. The number of amides is 1. The Hall–Kier alpha value is -2.28. The molecule has 2 rings (SSSR count). The van der Waals surface area contributed by atoms with Crippen LogP contribution in [0.15, 0.2) is 18.2 Å². The van der Waals surface area contributed by atoms with E-state index >= 15 is 0 Å². The Labute approximate surface area is 140 Å². The first-order valence-corrected chi connectivity index (χ1v) is 7.69. The fourth-order valence-electron chi connectivity index (χ4n) is 2.85. The van der Waals surface area contributed by atoms with Crippen molar-refractivity contribution < 1.29 is 28.9 Å². The van der Waals surface area contributed by atoms with Crippen LogP contribution in [0.3, 0.4) is 0 Å². The molecule has 24 heavy (non-hydrogen) atoms. The molecule has 2 unspecified atom stereocenters. The summed E-state index contributed by atoms with van der Waals surface area (Å²) in [6.07, 6.45) is 0.291. The lowest BCUT2D eigenvalue weighted by molar-refractivity contribution is -0.140. The van der Waals surface area contributed by atoms with E-state index < -0.39 is 17.4 Å². The molecule has 0 radical (unpaired) electrons. The number of aliphatic carboxylic acids is 1. The SMILES string of the molecule is COCC(C)(CC(=O)O)NC(=O)C1COc2ccc(OC)cc2C1. The van der Waals surface area contributed by atoms with E-state index in [1.807, 2.05) is 18.2 Å². The van der Waals surface area contributed by atoms with E-state index in [2.05, 4.69) is 5.32 Å². The number of carbonyl (C=O) groups is 2. The van der Waals surface area contributed by atoms with Crippen LogP contribution in [-0.4, -0.2) is 50.0 Å². The van der Waals surface area contributed by atoms with E-state index in [9.17, 15) is 9.59 Å². The number of rotatable bonds is 7. The van der Waals surface area contributed by atoms with Crippen LogP contribution in [0.4, 0.5) is 0 Å². The summed E-state index contributed by atoms with van der Waals surface area (Å²) in [5.74, 6) is -0.192. The lowest BCUT2D eigenvalue weighted by atomic mass is 9.93. The second-order valence-corrected chi connectivity index (χ2v) is 6.24. The minimum absolute atomic E-state index is 0.114. The standard InChI is InChI=1S/C17H23NO6/c1-17(10-22-2,8-15(19)20)18-16(21)12-6-11-7-13(23-3)4-5-14(11)24-9-12/h4-5,7,12H,6,8-10H2,1-3H3,(H,18,21)(H,19,20). The molecule has 0 saturated carbocycles. The van der Waals surface area contributed by atoms with Gasteiger partial charge < -0.3 is 24.6 Å². The molecule has 0 aliphatic carbocycles.